The van der Waals surface area contributed by atoms with Crippen LogP contribution in [0.3, 0.4) is 0 Å². The number of nitrogens with one attached hydrogen (secondary N) is 1. The summed E-state index contributed by atoms with van der Waals surface area (Å²) in [6.45, 7) is 9.74. The lowest BCUT2D eigenvalue weighted by molar-refractivity contribution is -0.130. The molecule has 0 atom stereocenters. The van der Waals surface area contributed by atoms with Crippen LogP contribution in [0.1, 0.15) is 34.6 Å². The molecule has 26 heavy (non-hydrogen) atoms. The van der Waals surface area contributed by atoms with Crippen molar-refractivity contribution in [2.75, 3.05) is 13.6 Å². The third-order valence-electron chi connectivity index (χ3n) is 5.50. The van der Waals surface area contributed by atoms with Gasteiger partial charge in [-0.3, -0.25) is 9.89 Å². The average Bonchev–Trinajstić information content (AvgIpc) is 3.08. The fourth-order valence-corrected chi connectivity index (χ4v) is 3.64. The van der Waals surface area contributed by atoms with Gasteiger partial charge in [-0.15, -0.1) is 0 Å². The number of fused-ring (bicyclic) bond motifs is 1. The summed E-state index contributed by atoms with van der Waals surface area (Å²) < 4.78 is 2.26. The van der Waals surface area contributed by atoms with Crippen molar-refractivity contribution in [2.45, 2.75) is 47.1 Å². The lowest BCUT2D eigenvalue weighted by atomic mass is 10.1. The maximum absolute atomic E-state index is 12.6. The number of carbonyl (C=O) groups is 1. The van der Waals surface area contributed by atoms with E-state index in [1.54, 1.807) is 0 Å². The molecule has 0 radical (unpaired) electrons. The Balaban J connectivity index is 1.63. The summed E-state index contributed by atoms with van der Waals surface area (Å²) in [5.41, 5.74) is 7.08. The molecule has 0 saturated carbocycles. The summed E-state index contributed by atoms with van der Waals surface area (Å²) in [7, 11) is 1.89. The summed E-state index contributed by atoms with van der Waals surface area (Å²) in [5.74, 6) is 0.179. The number of aromatic amines is 1. The number of para-hydroxylation sites is 1. The minimum atomic E-state index is 0.179. The Morgan fingerprint density at radius 2 is 1.92 bits per heavy atom. The summed E-state index contributed by atoms with van der Waals surface area (Å²) in [6, 6.07) is 8.41. The first-order chi connectivity index (χ1) is 12.4. The smallest absolute Gasteiger partial charge is 0.224 e. The molecule has 138 valence electrons. The number of hydrogen-bond donors (Lipinski definition) is 1. The normalized spacial score (nSPS) is 11.3. The maximum atomic E-state index is 12.6. The van der Waals surface area contributed by atoms with Gasteiger partial charge in [-0.25, -0.2) is 0 Å². The molecule has 5 heteroatoms. The second kappa shape index (κ2) is 7.36. The Morgan fingerprint density at radius 1 is 1.19 bits per heavy atom. The topological polar surface area (TPSA) is 53.9 Å². The number of aryl methyl sites for hydroxylation is 4. The number of likely N-dealkylation sites (N-methyl/N-ethyl adjacent to an activating group) is 1. The van der Waals surface area contributed by atoms with E-state index in [1.807, 2.05) is 25.8 Å². The van der Waals surface area contributed by atoms with Crippen LogP contribution in [-0.4, -0.2) is 39.2 Å². The van der Waals surface area contributed by atoms with Crippen LogP contribution in [0, 0.1) is 27.7 Å². The SMILES string of the molecule is Cc1n[nH]c(C)c1CCN(C)C(=O)CCn1c(C)c(C)c2ccccc21. The van der Waals surface area contributed by atoms with Crippen LogP contribution in [0.4, 0.5) is 0 Å². The average molecular weight is 352 g/mol. The monoisotopic (exact) mass is 352 g/mol. The molecule has 3 rings (SSSR count). The lowest BCUT2D eigenvalue weighted by Crippen LogP contribution is -2.29. The fourth-order valence-electron chi connectivity index (χ4n) is 3.64. The van der Waals surface area contributed by atoms with E-state index in [4.69, 9.17) is 0 Å². The van der Waals surface area contributed by atoms with Gasteiger partial charge in [0.15, 0.2) is 0 Å². The number of nitrogens with zero attached hydrogens (tertiary/aromatic N) is 3. The highest BCUT2D eigenvalue weighted by Gasteiger charge is 2.14. The predicted molar refractivity (Wildman–Crippen MR) is 105 cm³/mol. The Kier molecular flexibility index (Phi) is 5.16. The van der Waals surface area contributed by atoms with Crippen molar-refractivity contribution in [3.63, 3.8) is 0 Å². The van der Waals surface area contributed by atoms with Gasteiger partial charge in [-0.05, 0) is 51.3 Å². The lowest BCUT2D eigenvalue weighted by Gasteiger charge is -2.18. The highest BCUT2D eigenvalue weighted by Crippen LogP contribution is 2.25. The van der Waals surface area contributed by atoms with Crippen LogP contribution in [0.25, 0.3) is 10.9 Å². The van der Waals surface area contributed by atoms with Gasteiger partial charge in [0.05, 0.1) is 5.69 Å². The molecule has 0 aliphatic carbocycles. The van der Waals surface area contributed by atoms with Gasteiger partial charge < -0.3 is 9.47 Å². The molecular weight excluding hydrogens is 324 g/mol. The van der Waals surface area contributed by atoms with Gasteiger partial charge in [-0.2, -0.15) is 5.10 Å². The molecule has 1 N–H and O–H groups in total. The van der Waals surface area contributed by atoms with E-state index in [9.17, 15) is 4.79 Å². The minimum Gasteiger partial charge on any atom is -0.345 e. The third-order valence-corrected chi connectivity index (χ3v) is 5.50. The highest BCUT2D eigenvalue weighted by atomic mass is 16.2. The number of benzene rings is 1. The zero-order valence-corrected chi connectivity index (χ0v) is 16.4. The predicted octanol–water partition coefficient (Wildman–Crippen LogP) is 3.69. The van der Waals surface area contributed by atoms with Gasteiger partial charge in [0.1, 0.15) is 0 Å². The van der Waals surface area contributed by atoms with Crippen molar-refractivity contribution in [2.24, 2.45) is 0 Å². The van der Waals surface area contributed by atoms with Gasteiger partial charge in [0, 0.05) is 48.8 Å². The molecule has 0 spiro atoms. The molecule has 1 aromatic carbocycles. The van der Waals surface area contributed by atoms with Gasteiger partial charge in [-0.1, -0.05) is 18.2 Å². The Morgan fingerprint density at radius 3 is 2.62 bits per heavy atom. The maximum Gasteiger partial charge on any atom is 0.224 e. The number of H-pyrrole nitrogens is 1. The highest BCUT2D eigenvalue weighted by molar-refractivity contribution is 5.85. The van der Waals surface area contributed by atoms with Crippen molar-refractivity contribution in [3.8, 4) is 0 Å². The number of amides is 1. The van der Waals surface area contributed by atoms with Gasteiger partial charge in [0.2, 0.25) is 5.91 Å². The number of aromatic nitrogens is 3. The molecule has 0 unspecified atom stereocenters. The van der Waals surface area contributed by atoms with Crippen molar-refractivity contribution >= 4 is 16.8 Å². The molecular formula is C21H28N4O. The standard InChI is InChI=1S/C21H28N4O/c1-14-17(4)25(20-9-7-6-8-18(14)20)13-11-21(26)24(5)12-10-19-15(2)22-23-16(19)3/h6-9H,10-13H2,1-5H3,(H,22,23). The van der Waals surface area contributed by atoms with E-state index in [1.165, 1.54) is 27.7 Å². The molecule has 0 bridgehead atoms. The summed E-state index contributed by atoms with van der Waals surface area (Å²) in [6.07, 6.45) is 1.35. The Bertz CT molecular complexity index is 916. The zero-order valence-electron chi connectivity index (χ0n) is 16.4. The van der Waals surface area contributed by atoms with E-state index >= 15 is 0 Å². The van der Waals surface area contributed by atoms with E-state index in [0.717, 1.165) is 17.8 Å². The van der Waals surface area contributed by atoms with E-state index in [0.29, 0.717) is 19.5 Å². The van der Waals surface area contributed by atoms with Crippen LogP contribution in [-0.2, 0) is 17.8 Å². The quantitative estimate of drug-likeness (QED) is 0.735. The van der Waals surface area contributed by atoms with Crippen LogP contribution in [0.15, 0.2) is 24.3 Å². The van der Waals surface area contributed by atoms with Crippen molar-refractivity contribution in [1.29, 1.82) is 0 Å². The first-order valence-electron chi connectivity index (χ1n) is 9.19. The van der Waals surface area contributed by atoms with Crippen LogP contribution in [0.5, 0.6) is 0 Å². The number of hydrogen-bond acceptors (Lipinski definition) is 2. The molecule has 1 amide bonds. The molecule has 5 nitrogen and oxygen atoms in total. The Hall–Kier alpha value is -2.56. The molecule has 3 aromatic rings. The molecule has 0 saturated heterocycles. The third kappa shape index (κ3) is 3.39. The molecule has 0 fully saturated rings. The van der Waals surface area contributed by atoms with Gasteiger partial charge >= 0.3 is 0 Å². The summed E-state index contributed by atoms with van der Waals surface area (Å²) >= 11 is 0. The fraction of sp³-hybridized carbons (Fsp3) is 0.429. The van der Waals surface area contributed by atoms with Crippen LogP contribution in [0.2, 0.25) is 0 Å². The van der Waals surface area contributed by atoms with E-state index < -0.39 is 0 Å². The largest absolute Gasteiger partial charge is 0.345 e. The number of rotatable bonds is 6. The van der Waals surface area contributed by atoms with Gasteiger partial charge in [0.25, 0.3) is 0 Å². The van der Waals surface area contributed by atoms with Crippen molar-refractivity contribution < 1.29 is 4.79 Å². The minimum absolute atomic E-state index is 0.179. The number of carbonyl (C=O) groups excluding carboxylic acids is 1. The van der Waals surface area contributed by atoms with Crippen LogP contribution < -0.4 is 0 Å². The second-order valence-electron chi connectivity index (χ2n) is 7.11. The van der Waals surface area contributed by atoms with Crippen LogP contribution >= 0.6 is 0 Å². The first-order valence-corrected chi connectivity index (χ1v) is 9.19. The van der Waals surface area contributed by atoms with Crippen molar-refractivity contribution in [3.05, 3.63) is 52.5 Å². The Labute approximate surface area is 155 Å². The second-order valence-corrected chi connectivity index (χ2v) is 7.11. The zero-order chi connectivity index (χ0) is 18.8. The van der Waals surface area contributed by atoms with E-state index in [-0.39, 0.29) is 5.91 Å². The molecule has 2 aromatic heterocycles. The van der Waals surface area contributed by atoms with Crippen molar-refractivity contribution in [1.82, 2.24) is 19.7 Å². The van der Waals surface area contributed by atoms with E-state index in [2.05, 4.69) is 52.9 Å². The first kappa shape index (κ1) is 18.2. The molecule has 0 aliphatic rings. The summed E-state index contributed by atoms with van der Waals surface area (Å²) in [5, 5.41) is 8.50. The summed E-state index contributed by atoms with van der Waals surface area (Å²) in [4.78, 5) is 14.4. The molecule has 2 heterocycles. The molecule has 0 aliphatic heterocycles.